The van der Waals surface area contributed by atoms with Crippen molar-refractivity contribution in [2.45, 2.75) is 26.2 Å². The molecule has 6 heteroatoms. The second-order valence-corrected chi connectivity index (χ2v) is 7.44. The highest BCUT2D eigenvalue weighted by atomic mass is 32.2. The summed E-state index contributed by atoms with van der Waals surface area (Å²) in [7, 11) is -3.26. The Bertz CT molecular complexity index is 584. The summed E-state index contributed by atoms with van der Waals surface area (Å²) in [6.07, 6.45) is 1.82. The van der Waals surface area contributed by atoms with Gasteiger partial charge in [-0.05, 0) is 18.4 Å². The SMILES string of the molecule is CCC1CN(S(=O)(=O)CCc2ccccc2)CC/C1=N\O. The molecule has 0 amide bonds. The van der Waals surface area contributed by atoms with Crippen LogP contribution in [0.4, 0.5) is 0 Å². The van der Waals surface area contributed by atoms with Crippen LogP contribution in [0.5, 0.6) is 0 Å². The topological polar surface area (TPSA) is 70.0 Å². The van der Waals surface area contributed by atoms with Crippen molar-refractivity contribution in [3.8, 4) is 0 Å². The van der Waals surface area contributed by atoms with E-state index in [4.69, 9.17) is 5.21 Å². The Balaban J connectivity index is 2.00. The predicted octanol–water partition coefficient (Wildman–Crippen LogP) is 2.12. The molecular weight excluding hydrogens is 288 g/mol. The molecule has 0 spiro atoms. The van der Waals surface area contributed by atoms with Crippen molar-refractivity contribution in [1.29, 1.82) is 0 Å². The molecule has 1 atom stereocenters. The van der Waals surface area contributed by atoms with Gasteiger partial charge in [0.05, 0.1) is 11.5 Å². The fourth-order valence-electron chi connectivity index (χ4n) is 2.66. The van der Waals surface area contributed by atoms with Gasteiger partial charge in [0, 0.05) is 25.4 Å². The average Bonchev–Trinajstić information content (AvgIpc) is 2.53. The highest BCUT2D eigenvalue weighted by Crippen LogP contribution is 2.20. The van der Waals surface area contributed by atoms with Crippen LogP contribution in [0.25, 0.3) is 0 Å². The molecule has 1 fully saturated rings. The Labute approximate surface area is 126 Å². The van der Waals surface area contributed by atoms with Gasteiger partial charge < -0.3 is 5.21 Å². The molecule has 1 saturated heterocycles. The number of oxime groups is 1. The number of aryl methyl sites for hydroxylation is 1. The molecule has 5 nitrogen and oxygen atoms in total. The van der Waals surface area contributed by atoms with E-state index in [0.717, 1.165) is 12.0 Å². The normalized spacial score (nSPS) is 22.5. The van der Waals surface area contributed by atoms with Gasteiger partial charge in [0.25, 0.3) is 0 Å². The van der Waals surface area contributed by atoms with Gasteiger partial charge >= 0.3 is 0 Å². The molecule has 0 bridgehead atoms. The third-order valence-corrected chi connectivity index (χ3v) is 5.86. The quantitative estimate of drug-likeness (QED) is 0.669. The first kappa shape index (κ1) is 16.0. The van der Waals surface area contributed by atoms with E-state index in [2.05, 4.69) is 5.16 Å². The van der Waals surface area contributed by atoms with Crippen LogP contribution in [0.2, 0.25) is 0 Å². The number of hydrogen-bond donors (Lipinski definition) is 1. The Morgan fingerprint density at radius 1 is 1.33 bits per heavy atom. The maximum atomic E-state index is 12.4. The van der Waals surface area contributed by atoms with Crippen LogP contribution in [0, 0.1) is 5.92 Å². The van der Waals surface area contributed by atoms with Crippen LogP contribution >= 0.6 is 0 Å². The third kappa shape index (κ3) is 4.04. The molecule has 1 aromatic carbocycles. The molecule has 1 unspecified atom stereocenters. The van der Waals surface area contributed by atoms with Gasteiger partial charge in [-0.3, -0.25) is 0 Å². The Kier molecular flexibility index (Phi) is 5.36. The smallest absolute Gasteiger partial charge is 0.214 e. The molecule has 21 heavy (non-hydrogen) atoms. The maximum Gasteiger partial charge on any atom is 0.214 e. The van der Waals surface area contributed by atoms with Crippen LogP contribution in [-0.2, 0) is 16.4 Å². The monoisotopic (exact) mass is 310 g/mol. The lowest BCUT2D eigenvalue weighted by molar-refractivity contribution is 0.295. The van der Waals surface area contributed by atoms with Crippen LogP contribution in [-0.4, -0.2) is 42.5 Å². The van der Waals surface area contributed by atoms with E-state index in [1.807, 2.05) is 37.3 Å². The Hall–Kier alpha value is -1.40. The lowest BCUT2D eigenvalue weighted by Gasteiger charge is -2.32. The molecule has 2 rings (SSSR count). The van der Waals surface area contributed by atoms with E-state index in [0.29, 0.717) is 31.6 Å². The minimum Gasteiger partial charge on any atom is -0.411 e. The number of sulfonamides is 1. The zero-order valence-electron chi connectivity index (χ0n) is 12.3. The first-order chi connectivity index (χ1) is 10.1. The zero-order valence-corrected chi connectivity index (χ0v) is 13.1. The lowest BCUT2D eigenvalue weighted by atomic mass is 9.95. The zero-order chi connectivity index (χ0) is 15.3. The molecule has 1 N–H and O–H groups in total. The highest BCUT2D eigenvalue weighted by Gasteiger charge is 2.31. The number of hydrogen-bond acceptors (Lipinski definition) is 4. The second kappa shape index (κ2) is 7.04. The molecule has 116 valence electrons. The number of rotatable bonds is 5. The molecule has 1 aliphatic heterocycles. The van der Waals surface area contributed by atoms with Gasteiger partial charge in [-0.25, -0.2) is 12.7 Å². The van der Waals surface area contributed by atoms with E-state index in [9.17, 15) is 8.42 Å². The summed E-state index contributed by atoms with van der Waals surface area (Å²) in [5.41, 5.74) is 1.75. The fraction of sp³-hybridized carbons (Fsp3) is 0.533. The van der Waals surface area contributed by atoms with Crippen molar-refractivity contribution in [3.63, 3.8) is 0 Å². The van der Waals surface area contributed by atoms with Crippen molar-refractivity contribution < 1.29 is 13.6 Å². The van der Waals surface area contributed by atoms with E-state index in [1.54, 1.807) is 4.31 Å². The summed E-state index contributed by atoms with van der Waals surface area (Å²) in [6.45, 7) is 2.82. The van der Waals surface area contributed by atoms with Gasteiger partial charge in [-0.1, -0.05) is 42.4 Å². The molecule has 1 heterocycles. The number of nitrogens with zero attached hydrogens (tertiary/aromatic N) is 2. The van der Waals surface area contributed by atoms with Gasteiger partial charge in [-0.15, -0.1) is 0 Å². The van der Waals surface area contributed by atoms with Crippen molar-refractivity contribution in [1.82, 2.24) is 4.31 Å². The molecule has 1 aromatic rings. The summed E-state index contributed by atoms with van der Waals surface area (Å²) in [5, 5.41) is 12.3. The van der Waals surface area contributed by atoms with Crippen molar-refractivity contribution in [2.75, 3.05) is 18.8 Å². The predicted molar refractivity (Wildman–Crippen MR) is 83.1 cm³/mol. The Morgan fingerprint density at radius 3 is 2.67 bits per heavy atom. The molecular formula is C15H22N2O3S. The van der Waals surface area contributed by atoms with Crippen LogP contribution in [0.1, 0.15) is 25.3 Å². The minimum atomic E-state index is -3.26. The summed E-state index contributed by atoms with van der Waals surface area (Å²) >= 11 is 0. The lowest BCUT2D eigenvalue weighted by Crippen LogP contribution is -2.45. The summed E-state index contributed by atoms with van der Waals surface area (Å²) in [6, 6.07) is 9.64. The van der Waals surface area contributed by atoms with Crippen LogP contribution in [0.15, 0.2) is 35.5 Å². The summed E-state index contributed by atoms with van der Waals surface area (Å²) in [4.78, 5) is 0. The van der Waals surface area contributed by atoms with Crippen molar-refractivity contribution >= 4 is 15.7 Å². The number of piperidine rings is 1. The molecule has 0 saturated carbocycles. The molecule has 0 aromatic heterocycles. The van der Waals surface area contributed by atoms with E-state index >= 15 is 0 Å². The van der Waals surface area contributed by atoms with E-state index < -0.39 is 10.0 Å². The summed E-state index contributed by atoms with van der Waals surface area (Å²) in [5.74, 6) is 0.147. The molecule has 0 aliphatic carbocycles. The van der Waals surface area contributed by atoms with Crippen LogP contribution < -0.4 is 0 Å². The molecule has 1 aliphatic rings. The van der Waals surface area contributed by atoms with Gasteiger partial charge in [-0.2, -0.15) is 0 Å². The van der Waals surface area contributed by atoms with Crippen molar-refractivity contribution in [2.24, 2.45) is 11.1 Å². The standard InChI is InChI=1S/C15H22N2O3S/c1-2-14-12-17(10-8-15(14)16-18)21(19,20)11-9-13-6-4-3-5-7-13/h3-7,14,18H,2,8-12H2,1H3/b16-15+. The van der Waals surface area contributed by atoms with Gasteiger partial charge in [0.2, 0.25) is 10.0 Å². The van der Waals surface area contributed by atoms with Crippen molar-refractivity contribution in [3.05, 3.63) is 35.9 Å². The first-order valence-corrected chi connectivity index (χ1v) is 8.90. The maximum absolute atomic E-state index is 12.4. The van der Waals surface area contributed by atoms with Gasteiger partial charge in [0.15, 0.2) is 0 Å². The van der Waals surface area contributed by atoms with Gasteiger partial charge in [0.1, 0.15) is 0 Å². The minimum absolute atomic E-state index is 0.0234. The molecule has 0 radical (unpaired) electrons. The van der Waals surface area contributed by atoms with E-state index in [1.165, 1.54) is 0 Å². The second-order valence-electron chi connectivity index (χ2n) is 5.36. The average molecular weight is 310 g/mol. The summed E-state index contributed by atoms with van der Waals surface area (Å²) < 4.78 is 26.4. The highest BCUT2D eigenvalue weighted by molar-refractivity contribution is 7.89. The first-order valence-electron chi connectivity index (χ1n) is 7.29. The Morgan fingerprint density at radius 2 is 2.05 bits per heavy atom. The van der Waals surface area contributed by atoms with Crippen LogP contribution in [0.3, 0.4) is 0 Å². The number of benzene rings is 1. The van der Waals surface area contributed by atoms with E-state index in [-0.39, 0.29) is 11.7 Å². The largest absolute Gasteiger partial charge is 0.411 e. The third-order valence-electron chi connectivity index (χ3n) is 4.02. The fourth-order valence-corrected chi connectivity index (χ4v) is 4.18.